The molecule has 0 spiro atoms. The van der Waals surface area contributed by atoms with E-state index >= 15 is 0 Å². The zero-order valence-electron chi connectivity index (χ0n) is 20.0. The van der Waals surface area contributed by atoms with Crippen molar-refractivity contribution < 1.29 is 24.0 Å². The zero-order chi connectivity index (χ0) is 24.9. The van der Waals surface area contributed by atoms with Crippen molar-refractivity contribution in [1.29, 1.82) is 0 Å². The Morgan fingerprint density at radius 1 is 0.879 bits per heavy atom. The van der Waals surface area contributed by atoms with Crippen LogP contribution in [0.15, 0.2) is 60.7 Å². The maximum Gasteiger partial charge on any atom is 0.408 e. The molecule has 0 aliphatic heterocycles. The number of carbonyl (C=O) groups excluding carboxylic acids is 2. The molecule has 0 saturated carbocycles. The van der Waals surface area contributed by atoms with Gasteiger partial charge in [0.1, 0.15) is 17.2 Å². The molecular weight excluding hydrogens is 424 g/mol. The lowest BCUT2D eigenvalue weighted by Crippen LogP contribution is -2.60. The number of nitro groups is 1. The molecule has 0 aliphatic carbocycles. The van der Waals surface area contributed by atoms with Crippen molar-refractivity contribution in [2.75, 3.05) is 0 Å². The van der Waals surface area contributed by atoms with Crippen molar-refractivity contribution >= 4 is 12.1 Å². The van der Waals surface area contributed by atoms with Crippen LogP contribution >= 0.6 is 0 Å². The molecular formula is C25H32N2O6. The zero-order valence-corrected chi connectivity index (χ0v) is 20.0. The van der Waals surface area contributed by atoms with Gasteiger partial charge in [0, 0.05) is 4.92 Å². The number of amides is 1. The van der Waals surface area contributed by atoms with E-state index in [2.05, 4.69) is 5.32 Å². The summed E-state index contributed by atoms with van der Waals surface area (Å²) in [5.41, 5.74) is -3.25. The van der Waals surface area contributed by atoms with Crippen LogP contribution in [0.4, 0.5) is 4.79 Å². The molecule has 0 bridgehead atoms. The normalized spacial score (nSPS) is 14.5. The van der Waals surface area contributed by atoms with Crippen molar-refractivity contribution in [2.45, 2.75) is 70.7 Å². The van der Waals surface area contributed by atoms with E-state index < -0.39 is 39.8 Å². The molecule has 8 nitrogen and oxygen atoms in total. The summed E-state index contributed by atoms with van der Waals surface area (Å²) in [6.45, 7) is 9.96. The SMILES string of the molecule is CC(C)(C)OC(=O)NC(c1ccccc1)[C@](Cc1ccccc1)(C(=O)OC(C)(C)C)[N+](=O)[O-]. The molecule has 33 heavy (non-hydrogen) atoms. The lowest BCUT2D eigenvalue weighted by atomic mass is 9.80. The third kappa shape index (κ3) is 7.03. The summed E-state index contributed by atoms with van der Waals surface area (Å²) < 4.78 is 10.9. The molecule has 2 atom stereocenters. The molecule has 1 N–H and O–H groups in total. The summed E-state index contributed by atoms with van der Waals surface area (Å²) >= 11 is 0. The number of ether oxygens (including phenoxy) is 2. The Labute approximate surface area is 194 Å². The molecule has 0 aliphatic rings. The molecule has 1 unspecified atom stereocenters. The minimum absolute atomic E-state index is 0.300. The van der Waals surface area contributed by atoms with E-state index in [-0.39, 0.29) is 6.42 Å². The predicted octanol–water partition coefficient (Wildman–Crippen LogP) is 4.85. The fraction of sp³-hybridized carbons (Fsp3) is 0.440. The molecule has 2 rings (SSSR count). The number of alkyl carbamates (subject to hydrolysis) is 1. The van der Waals surface area contributed by atoms with Gasteiger partial charge < -0.3 is 14.8 Å². The molecule has 0 radical (unpaired) electrons. The van der Waals surface area contributed by atoms with E-state index in [0.29, 0.717) is 11.1 Å². The van der Waals surface area contributed by atoms with Crippen molar-refractivity contribution in [2.24, 2.45) is 0 Å². The highest BCUT2D eigenvalue weighted by atomic mass is 16.6. The van der Waals surface area contributed by atoms with E-state index in [1.54, 1.807) is 102 Å². The number of rotatable bonds is 7. The first-order valence-corrected chi connectivity index (χ1v) is 10.7. The Kier molecular flexibility index (Phi) is 7.84. The smallest absolute Gasteiger partial charge is 0.408 e. The summed E-state index contributed by atoms with van der Waals surface area (Å²) in [6, 6.07) is 15.6. The van der Waals surface area contributed by atoms with Crippen molar-refractivity contribution in [1.82, 2.24) is 5.32 Å². The van der Waals surface area contributed by atoms with E-state index in [9.17, 15) is 19.7 Å². The van der Waals surface area contributed by atoms with Crippen molar-refractivity contribution in [3.05, 3.63) is 81.9 Å². The van der Waals surface area contributed by atoms with Gasteiger partial charge in [-0.15, -0.1) is 0 Å². The summed E-state index contributed by atoms with van der Waals surface area (Å²) in [6.07, 6.45) is -1.18. The average molecular weight is 457 g/mol. The van der Waals surface area contributed by atoms with Gasteiger partial charge in [-0.2, -0.15) is 0 Å². The number of carbonyl (C=O) groups is 2. The average Bonchev–Trinajstić information content (AvgIpc) is 2.69. The van der Waals surface area contributed by atoms with Gasteiger partial charge in [0.05, 0.1) is 6.42 Å². The molecule has 0 saturated heterocycles. The number of hydrogen-bond acceptors (Lipinski definition) is 6. The van der Waals surface area contributed by atoms with Crippen LogP contribution in [-0.4, -0.2) is 33.7 Å². The summed E-state index contributed by atoms with van der Waals surface area (Å²) in [4.78, 5) is 38.4. The monoisotopic (exact) mass is 456 g/mol. The Balaban J connectivity index is 2.70. The standard InChI is InChI=1S/C25H32N2O6/c1-23(2,3)32-21(28)25(27(30)31,17-18-13-9-7-10-14-18)20(19-15-11-8-12-16-19)26-22(29)33-24(4,5)6/h7-16,20H,17H2,1-6H3,(H,26,29)/t20?,25-/m1/s1. The third-order valence-corrected chi connectivity index (χ3v) is 4.67. The highest BCUT2D eigenvalue weighted by Gasteiger charge is 2.61. The first-order valence-electron chi connectivity index (χ1n) is 10.7. The summed E-state index contributed by atoms with van der Waals surface area (Å²) in [7, 11) is 0. The van der Waals surface area contributed by atoms with Gasteiger partial charge >= 0.3 is 17.6 Å². The maximum atomic E-state index is 13.6. The number of hydrogen-bond donors (Lipinski definition) is 1. The molecule has 178 valence electrons. The van der Waals surface area contributed by atoms with Crippen LogP contribution in [0.1, 0.15) is 58.7 Å². The summed E-state index contributed by atoms with van der Waals surface area (Å²) in [5.74, 6) is -1.05. The van der Waals surface area contributed by atoms with Crippen LogP contribution in [0.2, 0.25) is 0 Å². The molecule has 2 aromatic carbocycles. The number of esters is 1. The number of benzene rings is 2. The van der Waals surface area contributed by atoms with Gasteiger partial charge in [-0.1, -0.05) is 60.7 Å². The fourth-order valence-electron chi connectivity index (χ4n) is 3.36. The van der Waals surface area contributed by atoms with E-state index in [1.165, 1.54) is 0 Å². The van der Waals surface area contributed by atoms with Gasteiger partial charge in [-0.25, -0.2) is 9.59 Å². The van der Waals surface area contributed by atoms with Crippen molar-refractivity contribution in [3.8, 4) is 0 Å². The Hall–Kier alpha value is -3.42. The van der Waals surface area contributed by atoms with Gasteiger partial charge in [-0.05, 0) is 52.7 Å². The number of nitrogens with one attached hydrogen (secondary N) is 1. The third-order valence-electron chi connectivity index (χ3n) is 4.67. The highest BCUT2D eigenvalue weighted by Crippen LogP contribution is 2.35. The van der Waals surface area contributed by atoms with Crippen LogP contribution in [0.5, 0.6) is 0 Å². The van der Waals surface area contributed by atoms with Crippen LogP contribution in [0, 0.1) is 10.1 Å². The van der Waals surface area contributed by atoms with E-state index in [4.69, 9.17) is 9.47 Å². The van der Waals surface area contributed by atoms with Crippen molar-refractivity contribution in [3.63, 3.8) is 0 Å². The lowest BCUT2D eigenvalue weighted by Gasteiger charge is -2.34. The maximum absolute atomic E-state index is 13.6. The molecule has 0 fully saturated rings. The largest absolute Gasteiger partial charge is 0.455 e. The minimum Gasteiger partial charge on any atom is -0.455 e. The Morgan fingerprint density at radius 3 is 1.82 bits per heavy atom. The molecule has 0 heterocycles. The quantitative estimate of drug-likeness (QED) is 0.362. The second-order valence-electron chi connectivity index (χ2n) is 9.84. The van der Waals surface area contributed by atoms with Crippen LogP contribution in [0.25, 0.3) is 0 Å². The molecule has 0 aromatic heterocycles. The second-order valence-corrected chi connectivity index (χ2v) is 9.84. The van der Waals surface area contributed by atoms with Gasteiger partial charge in [0.15, 0.2) is 0 Å². The van der Waals surface area contributed by atoms with Crippen LogP contribution in [0.3, 0.4) is 0 Å². The Morgan fingerprint density at radius 2 is 1.36 bits per heavy atom. The van der Waals surface area contributed by atoms with E-state index in [0.717, 1.165) is 0 Å². The first kappa shape index (κ1) is 25.8. The Bertz CT molecular complexity index is 964. The summed E-state index contributed by atoms with van der Waals surface area (Å²) in [5, 5.41) is 15.3. The van der Waals surface area contributed by atoms with Crippen LogP contribution < -0.4 is 5.32 Å². The van der Waals surface area contributed by atoms with Crippen LogP contribution in [-0.2, 0) is 20.7 Å². The number of nitrogens with zero attached hydrogens (tertiary/aromatic N) is 1. The van der Waals surface area contributed by atoms with Gasteiger partial charge in [0.2, 0.25) is 0 Å². The molecule has 2 aromatic rings. The minimum atomic E-state index is -2.35. The molecule has 1 amide bonds. The van der Waals surface area contributed by atoms with Gasteiger partial charge in [0.25, 0.3) is 0 Å². The highest BCUT2D eigenvalue weighted by molar-refractivity contribution is 5.83. The molecule has 8 heteroatoms. The predicted molar refractivity (Wildman–Crippen MR) is 124 cm³/mol. The van der Waals surface area contributed by atoms with E-state index in [1.807, 2.05) is 0 Å². The second kappa shape index (κ2) is 10.0. The van der Waals surface area contributed by atoms with Gasteiger partial charge in [-0.3, -0.25) is 10.1 Å². The first-order chi connectivity index (χ1) is 15.2. The topological polar surface area (TPSA) is 108 Å². The fourth-order valence-corrected chi connectivity index (χ4v) is 3.36. The lowest BCUT2D eigenvalue weighted by molar-refractivity contribution is -0.561.